The summed E-state index contributed by atoms with van der Waals surface area (Å²) in [6.07, 6.45) is 2.94. The maximum atomic E-state index is 10.1. The number of fused-ring (bicyclic) bond motifs is 1. The highest BCUT2D eigenvalue weighted by Crippen LogP contribution is 2.38. The molecule has 18 heavy (non-hydrogen) atoms. The minimum absolute atomic E-state index is 0.00715. The minimum Gasteiger partial charge on any atom is -0.370 e. The lowest BCUT2D eigenvalue weighted by atomic mass is 10.1. The Balaban J connectivity index is 1.54. The highest BCUT2D eigenvalue weighted by molar-refractivity contribution is 8.00. The van der Waals surface area contributed by atoms with Gasteiger partial charge in [0.1, 0.15) is 17.6 Å². The van der Waals surface area contributed by atoms with Crippen LogP contribution in [0.5, 0.6) is 0 Å². The molecule has 3 aliphatic heterocycles. The van der Waals surface area contributed by atoms with E-state index in [1.54, 1.807) is 11.8 Å². The predicted molar refractivity (Wildman–Crippen MR) is 65.1 cm³/mol. The van der Waals surface area contributed by atoms with Crippen molar-refractivity contribution in [3.05, 3.63) is 4.91 Å². The normalized spacial score (nSPS) is 43.7. The van der Waals surface area contributed by atoms with Crippen LogP contribution in [-0.2, 0) is 19.0 Å². The van der Waals surface area contributed by atoms with E-state index in [2.05, 4.69) is 5.34 Å². The molecule has 3 heterocycles. The zero-order chi connectivity index (χ0) is 12.4. The molecule has 0 radical (unpaired) electrons. The highest BCUT2D eigenvalue weighted by atomic mass is 32.2. The van der Waals surface area contributed by atoms with Crippen molar-refractivity contribution in [2.75, 3.05) is 19.8 Å². The monoisotopic (exact) mass is 275 g/mol. The van der Waals surface area contributed by atoms with Crippen LogP contribution in [0.15, 0.2) is 5.34 Å². The van der Waals surface area contributed by atoms with Gasteiger partial charge in [-0.1, -0.05) is 0 Å². The minimum atomic E-state index is -0.356. The maximum absolute atomic E-state index is 10.1. The topological polar surface area (TPSA) is 66.4 Å². The van der Waals surface area contributed by atoms with Gasteiger partial charge in [0.05, 0.1) is 18.5 Å². The summed E-state index contributed by atoms with van der Waals surface area (Å²) in [5.74, 6) is 0. The van der Waals surface area contributed by atoms with Crippen LogP contribution in [0.1, 0.15) is 19.3 Å². The number of hydrogen-bond donors (Lipinski definition) is 0. The average molecular weight is 275 g/mol. The van der Waals surface area contributed by atoms with E-state index in [1.807, 2.05) is 0 Å². The fourth-order valence-electron chi connectivity index (χ4n) is 2.70. The van der Waals surface area contributed by atoms with Gasteiger partial charge in [-0.15, -0.1) is 16.7 Å². The first kappa shape index (κ1) is 12.7. The molecule has 0 amide bonds. The van der Waals surface area contributed by atoms with Gasteiger partial charge >= 0.3 is 0 Å². The molecule has 7 heteroatoms. The summed E-state index contributed by atoms with van der Waals surface area (Å²) >= 11 is 1.79. The van der Waals surface area contributed by atoms with E-state index in [0.29, 0.717) is 13.2 Å². The van der Waals surface area contributed by atoms with E-state index in [0.717, 1.165) is 19.4 Å². The molecule has 6 nitrogen and oxygen atoms in total. The lowest BCUT2D eigenvalue weighted by molar-refractivity contribution is -0.0307. The van der Waals surface area contributed by atoms with Crippen LogP contribution in [0.25, 0.3) is 0 Å². The molecule has 102 valence electrons. The van der Waals surface area contributed by atoms with Gasteiger partial charge in [-0.25, -0.2) is 0 Å². The number of hydrogen-bond acceptors (Lipinski definition) is 7. The van der Waals surface area contributed by atoms with Crippen LogP contribution in [-0.4, -0.2) is 48.8 Å². The summed E-state index contributed by atoms with van der Waals surface area (Å²) in [6, 6.07) is 0. The zero-order valence-corrected chi connectivity index (χ0v) is 10.8. The Morgan fingerprint density at radius 2 is 2.00 bits per heavy atom. The van der Waals surface area contributed by atoms with Crippen LogP contribution in [0.3, 0.4) is 0 Å². The van der Waals surface area contributed by atoms with E-state index in [1.165, 1.54) is 6.42 Å². The third-order valence-electron chi connectivity index (χ3n) is 3.61. The van der Waals surface area contributed by atoms with Gasteiger partial charge in [0.2, 0.25) is 0 Å². The number of nitrogens with zero attached hydrogens (tertiary/aromatic N) is 1. The van der Waals surface area contributed by atoms with Crippen molar-refractivity contribution in [1.29, 1.82) is 0 Å². The fourth-order valence-corrected chi connectivity index (χ4v) is 4.12. The van der Waals surface area contributed by atoms with Gasteiger partial charge in [-0.3, -0.25) is 0 Å². The van der Waals surface area contributed by atoms with Crippen LogP contribution < -0.4 is 0 Å². The molecule has 0 bridgehead atoms. The fraction of sp³-hybridized carbons (Fsp3) is 1.00. The van der Waals surface area contributed by atoms with E-state index < -0.39 is 0 Å². The Morgan fingerprint density at radius 3 is 2.78 bits per heavy atom. The maximum Gasteiger partial charge on any atom is 0.182 e. The van der Waals surface area contributed by atoms with Crippen molar-refractivity contribution in [2.24, 2.45) is 5.34 Å². The Bertz CT molecular complexity index is 299. The number of ether oxygens (including phenoxy) is 3. The molecular weight excluding hydrogens is 258 g/mol. The molecular formula is C11H17NO5S. The Labute approximate surface area is 110 Å². The van der Waals surface area contributed by atoms with Crippen LogP contribution in [0.2, 0.25) is 0 Å². The molecule has 0 aromatic rings. The Hall–Kier alpha value is -0.370. The Kier molecular flexibility index (Phi) is 4.03. The van der Waals surface area contributed by atoms with Crippen molar-refractivity contribution in [3.63, 3.8) is 0 Å². The predicted octanol–water partition coefficient (Wildman–Crippen LogP) is 1.48. The first-order valence-corrected chi connectivity index (χ1v) is 7.31. The molecule has 0 saturated carbocycles. The van der Waals surface area contributed by atoms with Crippen molar-refractivity contribution in [3.8, 4) is 0 Å². The van der Waals surface area contributed by atoms with Crippen LogP contribution in [0, 0.1) is 4.91 Å². The average Bonchev–Trinajstić information content (AvgIpc) is 2.96. The van der Waals surface area contributed by atoms with Crippen LogP contribution in [0.4, 0.5) is 0 Å². The van der Waals surface area contributed by atoms with Gasteiger partial charge in [-0.2, -0.15) is 0 Å². The lowest BCUT2D eigenvalue weighted by Crippen LogP contribution is -2.32. The molecule has 3 saturated heterocycles. The highest BCUT2D eigenvalue weighted by Gasteiger charge is 2.50. The second-order valence-corrected chi connectivity index (χ2v) is 6.19. The molecule has 3 aliphatic rings. The second kappa shape index (κ2) is 5.73. The van der Waals surface area contributed by atoms with Crippen LogP contribution >= 0.6 is 11.8 Å². The van der Waals surface area contributed by atoms with Gasteiger partial charge in [0.15, 0.2) is 11.4 Å². The molecule has 3 rings (SSSR count). The first-order valence-electron chi connectivity index (χ1n) is 6.37. The smallest absolute Gasteiger partial charge is 0.182 e. The van der Waals surface area contributed by atoms with Crippen molar-refractivity contribution < 1.29 is 19.0 Å². The summed E-state index contributed by atoms with van der Waals surface area (Å²) in [6.45, 7) is 1.85. The standard InChI is InChI=1S/C11H17NO5S/c13-12-17-7-5-15-11-8(6-16-10(7)11)18-9-3-1-2-4-14-9/h7-11H,1-6H2/t7-,8+,9?,10-,11-/m1/s1. The largest absolute Gasteiger partial charge is 0.370 e. The number of thioether (sulfide) groups is 1. The van der Waals surface area contributed by atoms with Crippen molar-refractivity contribution in [2.45, 2.75) is 48.3 Å². The summed E-state index contributed by atoms with van der Waals surface area (Å²) in [5, 5.41) is 2.74. The second-order valence-electron chi connectivity index (χ2n) is 4.78. The van der Waals surface area contributed by atoms with E-state index in [9.17, 15) is 4.91 Å². The third-order valence-corrected chi connectivity index (χ3v) is 5.03. The van der Waals surface area contributed by atoms with E-state index in [-0.39, 0.29) is 29.0 Å². The SMILES string of the molecule is O=NO[C@@H]1CO[C@H]2[C@@H]1OC[C@@H]2SC1CCCCO1. The zero-order valence-electron chi connectivity index (χ0n) is 10.0. The summed E-state index contributed by atoms with van der Waals surface area (Å²) in [5.41, 5.74) is 0.249. The summed E-state index contributed by atoms with van der Waals surface area (Å²) in [7, 11) is 0. The Morgan fingerprint density at radius 1 is 1.11 bits per heavy atom. The quantitative estimate of drug-likeness (QED) is 0.572. The summed E-state index contributed by atoms with van der Waals surface area (Å²) < 4.78 is 17.1. The number of rotatable bonds is 4. The third kappa shape index (κ3) is 2.49. The lowest BCUT2D eigenvalue weighted by Gasteiger charge is -2.25. The molecule has 1 unspecified atom stereocenters. The van der Waals surface area contributed by atoms with E-state index >= 15 is 0 Å². The first-order chi connectivity index (χ1) is 8.88. The molecule has 0 N–H and O–H groups in total. The summed E-state index contributed by atoms with van der Waals surface area (Å²) in [4.78, 5) is 14.9. The van der Waals surface area contributed by atoms with Gasteiger partial charge < -0.3 is 19.0 Å². The molecule has 0 spiro atoms. The van der Waals surface area contributed by atoms with Gasteiger partial charge in [0.25, 0.3) is 0 Å². The van der Waals surface area contributed by atoms with Crippen molar-refractivity contribution in [1.82, 2.24) is 0 Å². The molecule has 5 atom stereocenters. The van der Waals surface area contributed by atoms with E-state index in [4.69, 9.17) is 19.0 Å². The molecule has 0 aliphatic carbocycles. The van der Waals surface area contributed by atoms with Crippen molar-refractivity contribution >= 4 is 11.8 Å². The molecule has 0 aromatic heterocycles. The van der Waals surface area contributed by atoms with Gasteiger partial charge in [-0.05, 0) is 19.3 Å². The van der Waals surface area contributed by atoms with Gasteiger partial charge in [0, 0.05) is 6.61 Å². The molecule has 3 fully saturated rings. The molecule has 0 aromatic carbocycles.